The van der Waals surface area contributed by atoms with Crippen LogP contribution < -0.4 is 19.1 Å². The Hall–Kier alpha value is -2.74. The third-order valence-electron chi connectivity index (χ3n) is 4.36. The molecule has 1 aliphatic rings. The van der Waals surface area contributed by atoms with Crippen molar-refractivity contribution in [3.63, 3.8) is 0 Å². The molecule has 0 radical (unpaired) electrons. The quantitative estimate of drug-likeness (QED) is 0.828. The zero-order valence-electron chi connectivity index (χ0n) is 16.4. The molecule has 0 saturated carbocycles. The monoisotopic (exact) mass is 404 g/mol. The van der Waals surface area contributed by atoms with Gasteiger partial charge in [-0.3, -0.25) is 9.10 Å². The molecule has 0 aromatic heterocycles. The van der Waals surface area contributed by atoms with Crippen LogP contribution in [-0.2, 0) is 14.8 Å². The number of carbonyl (C=O) groups is 1. The van der Waals surface area contributed by atoms with Crippen molar-refractivity contribution in [2.45, 2.75) is 26.8 Å². The van der Waals surface area contributed by atoms with Crippen LogP contribution in [0.15, 0.2) is 36.4 Å². The maximum Gasteiger partial charge on any atom is 0.247 e. The molecule has 2 aromatic carbocycles. The summed E-state index contributed by atoms with van der Waals surface area (Å²) in [5.74, 6) is 0.720. The minimum atomic E-state index is -3.67. The first-order valence-electron chi connectivity index (χ1n) is 8.93. The zero-order chi connectivity index (χ0) is 20.5. The van der Waals surface area contributed by atoms with Gasteiger partial charge in [0.15, 0.2) is 11.5 Å². The van der Waals surface area contributed by atoms with E-state index in [4.69, 9.17) is 9.47 Å². The van der Waals surface area contributed by atoms with E-state index >= 15 is 0 Å². The Bertz CT molecular complexity index is 983. The van der Waals surface area contributed by atoms with Crippen LogP contribution in [0.5, 0.6) is 11.5 Å². The van der Waals surface area contributed by atoms with Crippen molar-refractivity contribution in [2.24, 2.45) is 0 Å². The summed E-state index contributed by atoms with van der Waals surface area (Å²) >= 11 is 0. The molecule has 1 amide bonds. The lowest BCUT2D eigenvalue weighted by molar-refractivity contribution is -0.116. The summed E-state index contributed by atoms with van der Waals surface area (Å²) in [6.45, 7) is 6.25. The highest BCUT2D eigenvalue weighted by molar-refractivity contribution is 7.92. The van der Waals surface area contributed by atoms with E-state index in [9.17, 15) is 13.2 Å². The smallest absolute Gasteiger partial charge is 0.247 e. The Balaban J connectivity index is 1.86. The summed E-state index contributed by atoms with van der Waals surface area (Å²) in [5.41, 5.74) is 2.81. The van der Waals surface area contributed by atoms with E-state index in [1.807, 2.05) is 19.9 Å². The molecule has 2 aromatic rings. The van der Waals surface area contributed by atoms with Crippen molar-refractivity contribution < 1.29 is 22.7 Å². The van der Waals surface area contributed by atoms with Gasteiger partial charge in [0.05, 0.1) is 11.9 Å². The second-order valence-corrected chi connectivity index (χ2v) is 8.79. The van der Waals surface area contributed by atoms with Crippen LogP contribution in [0.2, 0.25) is 0 Å². The lowest BCUT2D eigenvalue weighted by atomic mass is 10.1. The predicted octanol–water partition coefficient (Wildman–Crippen LogP) is 2.87. The van der Waals surface area contributed by atoms with Gasteiger partial charge in [-0.15, -0.1) is 0 Å². The van der Waals surface area contributed by atoms with Gasteiger partial charge in [0, 0.05) is 11.8 Å². The van der Waals surface area contributed by atoms with Crippen molar-refractivity contribution in [3.8, 4) is 11.5 Å². The summed E-state index contributed by atoms with van der Waals surface area (Å²) in [7, 11) is -3.67. The first-order valence-corrected chi connectivity index (χ1v) is 10.8. The second-order valence-electron chi connectivity index (χ2n) is 6.93. The molecule has 1 aliphatic heterocycles. The largest absolute Gasteiger partial charge is 0.486 e. The predicted molar refractivity (Wildman–Crippen MR) is 109 cm³/mol. The number of hydrogen-bond donors (Lipinski definition) is 1. The Kier molecular flexibility index (Phi) is 5.51. The van der Waals surface area contributed by atoms with Crippen molar-refractivity contribution >= 4 is 27.3 Å². The molecule has 150 valence electrons. The number of ether oxygens (including phenoxy) is 2. The Morgan fingerprint density at radius 1 is 1.04 bits per heavy atom. The fourth-order valence-corrected chi connectivity index (χ4v) is 4.41. The number of anilines is 2. The summed E-state index contributed by atoms with van der Waals surface area (Å²) < 4.78 is 37.0. The maximum absolute atomic E-state index is 12.8. The first-order chi connectivity index (χ1) is 13.1. The van der Waals surface area contributed by atoms with E-state index < -0.39 is 22.0 Å². The molecule has 8 heteroatoms. The lowest BCUT2D eigenvalue weighted by Crippen LogP contribution is -2.45. The topological polar surface area (TPSA) is 84.9 Å². The number of hydrogen-bond acceptors (Lipinski definition) is 5. The number of rotatable bonds is 5. The van der Waals surface area contributed by atoms with E-state index in [0.717, 1.165) is 21.7 Å². The molecular weight excluding hydrogens is 380 g/mol. The number of sulfonamides is 1. The van der Waals surface area contributed by atoms with E-state index in [2.05, 4.69) is 5.32 Å². The van der Waals surface area contributed by atoms with Crippen LogP contribution >= 0.6 is 0 Å². The van der Waals surface area contributed by atoms with E-state index in [1.54, 1.807) is 37.3 Å². The zero-order valence-corrected chi connectivity index (χ0v) is 17.2. The fourth-order valence-electron chi connectivity index (χ4n) is 3.25. The van der Waals surface area contributed by atoms with Gasteiger partial charge in [-0.25, -0.2) is 8.42 Å². The number of benzene rings is 2. The number of carbonyl (C=O) groups excluding carboxylic acids is 1. The average Bonchev–Trinajstić information content (AvgIpc) is 2.59. The SMILES string of the molecule is Cc1cc(C)cc(N([C@@H](C)C(=O)Nc2ccc3c(c2)OCCO3)S(C)(=O)=O)c1. The van der Waals surface area contributed by atoms with Gasteiger partial charge in [-0.05, 0) is 56.2 Å². The summed E-state index contributed by atoms with van der Waals surface area (Å²) in [4.78, 5) is 12.8. The molecular formula is C20H24N2O5S. The summed E-state index contributed by atoms with van der Waals surface area (Å²) in [5, 5.41) is 2.76. The van der Waals surface area contributed by atoms with Gasteiger partial charge in [-0.2, -0.15) is 0 Å². The number of fused-ring (bicyclic) bond motifs is 1. The van der Waals surface area contributed by atoms with Gasteiger partial charge in [-0.1, -0.05) is 6.07 Å². The van der Waals surface area contributed by atoms with Crippen molar-refractivity contribution in [1.29, 1.82) is 0 Å². The molecule has 1 atom stereocenters. The van der Waals surface area contributed by atoms with Gasteiger partial charge < -0.3 is 14.8 Å². The Morgan fingerprint density at radius 3 is 2.25 bits per heavy atom. The van der Waals surface area contributed by atoms with Crippen LogP contribution in [0, 0.1) is 13.8 Å². The normalized spacial score (nSPS) is 14.3. The molecule has 7 nitrogen and oxygen atoms in total. The lowest BCUT2D eigenvalue weighted by Gasteiger charge is -2.29. The summed E-state index contributed by atoms with van der Waals surface area (Å²) in [6.07, 6.45) is 1.10. The van der Waals surface area contributed by atoms with E-state index in [1.165, 1.54) is 0 Å². The molecule has 0 unspecified atom stereocenters. The Labute approximate surface area is 165 Å². The van der Waals surface area contributed by atoms with Crippen LogP contribution in [0.4, 0.5) is 11.4 Å². The van der Waals surface area contributed by atoms with Crippen LogP contribution in [0.3, 0.4) is 0 Å². The number of nitrogens with one attached hydrogen (secondary N) is 1. The van der Waals surface area contributed by atoms with Gasteiger partial charge in [0.2, 0.25) is 15.9 Å². The molecule has 3 rings (SSSR count). The minimum absolute atomic E-state index is 0.440. The molecule has 0 aliphatic carbocycles. The van der Waals surface area contributed by atoms with Crippen molar-refractivity contribution in [1.82, 2.24) is 0 Å². The molecule has 1 heterocycles. The molecule has 0 spiro atoms. The van der Waals surface area contributed by atoms with Crippen LogP contribution in [-0.4, -0.2) is 39.8 Å². The highest BCUT2D eigenvalue weighted by Crippen LogP contribution is 2.33. The van der Waals surface area contributed by atoms with Crippen molar-refractivity contribution in [3.05, 3.63) is 47.5 Å². The standard InChI is InChI=1S/C20H24N2O5S/c1-13-9-14(2)11-17(10-13)22(28(4,24)25)15(3)20(23)21-16-5-6-18-19(12-16)27-8-7-26-18/h5-6,9-12,15H,7-8H2,1-4H3,(H,21,23)/t15-/m0/s1. The molecule has 0 fully saturated rings. The van der Waals surface area contributed by atoms with Gasteiger partial charge >= 0.3 is 0 Å². The van der Waals surface area contributed by atoms with Crippen LogP contribution in [0.25, 0.3) is 0 Å². The maximum atomic E-state index is 12.8. The van der Waals surface area contributed by atoms with Crippen LogP contribution in [0.1, 0.15) is 18.1 Å². The molecule has 1 N–H and O–H groups in total. The van der Waals surface area contributed by atoms with E-state index in [0.29, 0.717) is 36.1 Å². The molecule has 0 saturated heterocycles. The number of nitrogens with zero attached hydrogens (tertiary/aromatic N) is 1. The molecule has 0 bridgehead atoms. The third-order valence-corrected chi connectivity index (χ3v) is 5.60. The summed E-state index contributed by atoms with van der Waals surface area (Å²) in [6, 6.07) is 9.59. The average molecular weight is 404 g/mol. The highest BCUT2D eigenvalue weighted by Gasteiger charge is 2.29. The van der Waals surface area contributed by atoms with Crippen molar-refractivity contribution in [2.75, 3.05) is 29.1 Å². The number of aryl methyl sites for hydroxylation is 2. The van der Waals surface area contributed by atoms with Gasteiger partial charge in [0.25, 0.3) is 0 Å². The molecule has 28 heavy (non-hydrogen) atoms. The number of amides is 1. The fraction of sp³-hybridized carbons (Fsp3) is 0.350. The van der Waals surface area contributed by atoms with Gasteiger partial charge in [0.1, 0.15) is 19.3 Å². The first kappa shape index (κ1) is 20.0. The second kappa shape index (κ2) is 7.71. The Morgan fingerprint density at radius 2 is 1.64 bits per heavy atom. The minimum Gasteiger partial charge on any atom is -0.486 e. The van der Waals surface area contributed by atoms with E-state index in [-0.39, 0.29) is 0 Å². The third kappa shape index (κ3) is 4.39. The highest BCUT2D eigenvalue weighted by atomic mass is 32.2.